The molecule has 0 saturated carbocycles. The number of hydrogen-bond acceptors (Lipinski definition) is 3. The number of rotatable bonds is 4. The Morgan fingerprint density at radius 3 is 2.16 bits per heavy atom. The van der Waals surface area contributed by atoms with E-state index in [0.29, 0.717) is 27.3 Å². The van der Waals surface area contributed by atoms with Crippen LogP contribution in [0.5, 0.6) is 0 Å². The minimum Gasteiger partial charge on any atom is -0.321 e. The molecule has 190 valence electrons. The van der Waals surface area contributed by atoms with Crippen molar-refractivity contribution >= 4 is 67.5 Å². The predicted molar refractivity (Wildman–Crippen MR) is 152 cm³/mol. The van der Waals surface area contributed by atoms with Crippen molar-refractivity contribution in [2.75, 3.05) is 16.1 Å². The quantitative estimate of drug-likeness (QED) is 0.236. The van der Waals surface area contributed by atoms with Gasteiger partial charge in [0.05, 0.1) is 5.52 Å². The third kappa shape index (κ3) is 6.03. The second kappa shape index (κ2) is 10.4. The standard InChI is InChI=1S/C28H26BrClN4O3/c1-16-5-9-21(15-22(16)30)32-25(35)24-14-17-13-19(29)8-12-23(17)34(24)33-27(37)26(36)31-20-10-6-18(7-11-20)28(2,3)4/h5-15H,1-4H3,(H,31,36)(H,32,35)(H,33,37). The Labute approximate surface area is 228 Å². The number of nitrogens with zero attached hydrogens (tertiary/aromatic N) is 1. The number of fused-ring (bicyclic) bond motifs is 1. The Balaban J connectivity index is 1.58. The second-order valence-electron chi connectivity index (χ2n) is 9.71. The van der Waals surface area contributed by atoms with Gasteiger partial charge in [0, 0.05) is 26.3 Å². The molecule has 37 heavy (non-hydrogen) atoms. The maximum Gasteiger partial charge on any atom is 0.328 e. The van der Waals surface area contributed by atoms with Crippen molar-refractivity contribution in [1.82, 2.24) is 4.68 Å². The van der Waals surface area contributed by atoms with Crippen LogP contribution in [0.1, 0.15) is 42.4 Å². The minimum atomic E-state index is -0.923. The second-order valence-corrected chi connectivity index (χ2v) is 11.0. The molecule has 0 aliphatic rings. The van der Waals surface area contributed by atoms with Crippen molar-refractivity contribution in [3.63, 3.8) is 0 Å². The maximum atomic E-state index is 13.2. The number of anilines is 2. The number of hydrogen-bond donors (Lipinski definition) is 3. The van der Waals surface area contributed by atoms with E-state index in [1.54, 1.807) is 48.5 Å². The first-order valence-electron chi connectivity index (χ1n) is 11.5. The molecular formula is C28H26BrClN4O3. The summed E-state index contributed by atoms with van der Waals surface area (Å²) in [7, 11) is 0. The summed E-state index contributed by atoms with van der Waals surface area (Å²) in [5.74, 6) is -2.27. The third-order valence-electron chi connectivity index (χ3n) is 5.85. The van der Waals surface area contributed by atoms with Gasteiger partial charge in [0.1, 0.15) is 5.69 Å². The molecule has 7 nitrogen and oxygen atoms in total. The molecule has 3 N–H and O–H groups in total. The van der Waals surface area contributed by atoms with Gasteiger partial charge in [0.25, 0.3) is 5.91 Å². The van der Waals surface area contributed by atoms with Gasteiger partial charge in [-0.05, 0) is 72.0 Å². The third-order valence-corrected chi connectivity index (χ3v) is 6.75. The first-order chi connectivity index (χ1) is 17.4. The summed E-state index contributed by atoms with van der Waals surface area (Å²) in [5.41, 5.74) is 6.18. The van der Waals surface area contributed by atoms with Gasteiger partial charge >= 0.3 is 11.8 Å². The number of benzene rings is 3. The molecule has 0 atom stereocenters. The molecular weight excluding hydrogens is 556 g/mol. The van der Waals surface area contributed by atoms with Crippen molar-refractivity contribution in [1.29, 1.82) is 0 Å². The molecule has 0 fully saturated rings. The van der Waals surface area contributed by atoms with Crippen LogP contribution in [0, 0.1) is 6.92 Å². The monoisotopic (exact) mass is 580 g/mol. The zero-order valence-corrected chi connectivity index (χ0v) is 23.1. The van der Waals surface area contributed by atoms with Gasteiger partial charge in [-0.1, -0.05) is 66.5 Å². The minimum absolute atomic E-state index is 0.0364. The van der Waals surface area contributed by atoms with Crippen LogP contribution in [0.4, 0.5) is 11.4 Å². The van der Waals surface area contributed by atoms with Crippen molar-refractivity contribution in [3.8, 4) is 0 Å². The zero-order chi connectivity index (χ0) is 26.9. The van der Waals surface area contributed by atoms with Gasteiger partial charge in [0.15, 0.2) is 0 Å². The van der Waals surface area contributed by atoms with Crippen LogP contribution in [0.15, 0.2) is 71.2 Å². The average molecular weight is 582 g/mol. The van der Waals surface area contributed by atoms with Crippen molar-refractivity contribution in [3.05, 3.63) is 93.0 Å². The molecule has 0 radical (unpaired) electrons. The van der Waals surface area contributed by atoms with E-state index in [2.05, 4.69) is 52.8 Å². The normalized spacial score (nSPS) is 11.3. The average Bonchev–Trinajstić information content (AvgIpc) is 3.18. The lowest BCUT2D eigenvalue weighted by molar-refractivity contribution is -0.133. The molecule has 9 heteroatoms. The molecule has 3 aromatic carbocycles. The van der Waals surface area contributed by atoms with Crippen LogP contribution >= 0.6 is 27.5 Å². The summed E-state index contributed by atoms with van der Waals surface area (Å²) in [6.45, 7) is 8.14. The predicted octanol–water partition coefficient (Wildman–Crippen LogP) is 6.62. The fourth-order valence-electron chi connectivity index (χ4n) is 3.73. The van der Waals surface area contributed by atoms with E-state index in [9.17, 15) is 14.4 Å². The van der Waals surface area contributed by atoms with E-state index in [1.165, 1.54) is 4.68 Å². The lowest BCUT2D eigenvalue weighted by Crippen LogP contribution is -2.36. The fraction of sp³-hybridized carbons (Fsp3) is 0.179. The Bertz CT molecular complexity index is 1520. The summed E-state index contributed by atoms with van der Waals surface area (Å²) in [6.07, 6.45) is 0. The lowest BCUT2D eigenvalue weighted by atomic mass is 9.87. The van der Waals surface area contributed by atoms with E-state index in [1.807, 2.05) is 25.1 Å². The molecule has 0 spiro atoms. The van der Waals surface area contributed by atoms with Crippen LogP contribution < -0.4 is 16.1 Å². The summed E-state index contributed by atoms with van der Waals surface area (Å²) in [5, 5.41) is 6.61. The number of aromatic nitrogens is 1. The van der Waals surface area contributed by atoms with E-state index in [0.717, 1.165) is 15.6 Å². The molecule has 3 amide bonds. The Hall–Kier alpha value is -3.62. The molecule has 1 aromatic heterocycles. The molecule has 0 bridgehead atoms. The van der Waals surface area contributed by atoms with Crippen LogP contribution in [-0.2, 0) is 15.0 Å². The van der Waals surface area contributed by atoms with Crippen LogP contribution in [0.25, 0.3) is 10.9 Å². The van der Waals surface area contributed by atoms with E-state index in [-0.39, 0.29) is 11.1 Å². The zero-order valence-electron chi connectivity index (χ0n) is 20.8. The number of halogens is 2. The SMILES string of the molecule is Cc1ccc(NC(=O)c2cc3cc(Br)ccc3n2NC(=O)C(=O)Nc2ccc(C(C)(C)C)cc2)cc1Cl. The van der Waals surface area contributed by atoms with Gasteiger partial charge < -0.3 is 10.6 Å². The van der Waals surface area contributed by atoms with Crippen LogP contribution in [0.3, 0.4) is 0 Å². The summed E-state index contributed by atoms with van der Waals surface area (Å²) in [4.78, 5) is 38.8. The van der Waals surface area contributed by atoms with Gasteiger partial charge in [-0.15, -0.1) is 0 Å². The van der Waals surface area contributed by atoms with Crippen molar-refractivity contribution < 1.29 is 14.4 Å². The number of carbonyl (C=O) groups is 3. The van der Waals surface area contributed by atoms with Gasteiger partial charge in [-0.2, -0.15) is 0 Å². The van der Waals surface area contributed by atoms with Gasteiger partial charge in [0.2, 0.25) is 0 Å². The molecule has 4 aromatic rings. The van der Waals surface area contributed by atoms with Gasteiger partial charge in [-0.25, -0.2) is 4.68 Å². The van der Waals surface area contributed by atoms with E-state index < -0.39 is 17.7 Å². The highest BCUT2D eigenvalue weighted by atomic mass is 79.9. The molecule has 1 heterocycles. The maximum absolute atomic E-state index is 13.2. The molecule has 0 aliphatic heterocycles. The first kappa shape index (κ1) is 26.4. The Kier molecular flexibility index (Phi) is 7.43. The number of amides is 3. The number of nitrogens with one attached hydrogen (secondary N) is 3. The molecule has 0 aliphatic carbocycles. The highest BCUT2D eigenvalue weighted by molar-refractivity contribution is 9.10. The fourth-order valence-corrected chi connectivity index (χ4v) is 4.29. The van der Waals surface area contributed by atoms with Crippen LogP contribution in [-0.4, -0.2) is 22.4 Å². The summed E-state index contributed by atoms with van der Waals surface area (Å²) < 4.78 is 2.11. The lowest BCUT2D eigenvalue weighted by Gasteiger charge is -2.19. The van der Waals surface area contributed by atoms with Gasteiger partial charge in [-0.3, -0.25) is 19.8 Å². The van der Waals surface area contributed by atoms with Crippen molar-refractivity contribution in [2.24, 2.45) is 0 Å². The van der Waals surface area contributed by atoms with Crippen LogP contribution in [0.2, 0.25) is 5.02 Å². The smallest absolute Gasteiger partial charge is 0.321 e. The molecule has 0 saturated heterocycles. The highest BCUT2D eigenvalue weighted by Crippen LogP contribution is 2.26. The number of aryl methyl sites for hydroxylation is 1. The van der Waals surface area contributed by atoms with Crippen molar-refractivity contribution in [2.45, 2.75) is 33.1 Å². The van der Waals surface area contributed by atoms with E-state index >= 15 is 0 Å². The summed E-state index contributed by atoms with van der Waals surface area (Å²) >= 11 is 9.62. The first-order valence-corrected chi connectivity index (χ1v) is 12.7. The Morgan fingerprint density at radius 1 is 0.838 bits per heavy atom. The largest absolute Gasteiger partial charge is 0.328 e. The highest BCUT2D eigenvalue weighted by Gasteiger charge is 2.22. The molecule has 0 unspecified atom stereocenters. The van der Waals surface area contributed by atoms with E-state index in [4.69, 9.17) is 11.6 Å². The molecule has 4 rings (SSSR count). The summed E-state index contributed by atoms with van der Waals surface area (Å²) in [6, 6.07) is 19.5. The Morgan fingerprint density at radius 2 is 1.51 bits per heavy atom. The number of carbonyl (C=O) groups excluding carboxylic acids is 3. The topological polar surface area (TPSA) is 92.2 Å².